The molecule has 1 aliphatic carbocycles. The maximum absolute atomic E-state index is 12.6. The number of piperidine rings is 1. The Balaban J connectivity index is 1.48. The third-order valence-corrected chi connectivity index (χ3v) is 5.99. The molecule has 8 heteroatoms. The molecule has 8 nitrogen and oxygen atoms in total. The Morgan fingerprint density at radius 1 is 1.32 bits per heavy atom. The zero-order valence-corrected chi connectivity index (χ0v) is 15.0. The van der Waals surface area contributed by atoms with Gasteiger partial charge in [-0.05, 0) is 46.1 Å². The summed E-state index contributed by atoms with van der Waals surface area (Å²) in [7, 11) is 1.53. The molecule has 0 spiro atoms. The SMILES string of the molecule is CC(c1nc(C2CC2)no1)N1CCCC(C2(C)NC(=O)N(C)C2=O)C1. The number of hydrogen-bond acceptors (Lipinski definition) is 6. The Hall–Kier alpha value is -1.96. The first kappa shape index (κ1) is 16.5. The average molecular weight is 347 g/mol. The Kier molecular flexibility index (Phi) is 3.82. The van der Waals surface area contributed by atoms with Crippen molar-refractivity contribution in [1.29, 1.82) is 0 Å². The van der Waals surface area contributed by atoms with E-state index in [1.807, 2.05) is 6.92 Å². The van der Waals surface area contributed by atoms with Crippen molar-refractivity contribution in [1.82, 2.24) is 25.3 Å². The highest BCUT2D eigenvalue weighted by atomic mass is 16.5. The number of carbonyl (C=O) groups is 2. The van der Waals surface area contributed by atoms with E-state index in [2.05, 4.69) is 27.3 Å². The molecule has 2 saturated heterocycles. The van der Waals surface area contributed by atoms with Crippen LogP contribution in [0.1, 0.15) is 63.2 Å². The molecule has 1 N–H and O–H groups in total. The molecular formula is C17H25N5O3. The minimum absolute atomic E-state index is 0.0105. The zero-order chi connectivity index (χ0) is 17.8. The van der Waals surface area contributed by atoms with E-state index in [1.165, 1.54) is 11.9 Å². The van der Waals surface area contributed by atoms with Gasteiger partial charge in [0.25, 0.3) is 5.91 Å². The van der Waals surface area contributed by atoms with E-state index in [-0.39, 0.29) is 23.9 Å². The van der Waals surface area contributed by atoms with Crippen LogP contribution in [0.3, 0.4) is 0 Å². The molecule has 25 heavy (non-hydrogen) atoms. The lowest BCUT2D eigenvalue weighted by Crippen LogP contribution is -2.56. The summed E-state index contributed by atoms with van der Waals surface area (Å²) in [5.41, 5.74) is -0.835. The smallest absolute Gasteiger partial charge is 0.324 e. The molecule has 3 amide bonds. The Morgan fingerprint density at radius 2 is 2.08 bits per heavy atom. The van der Waals surface area contributed by atoms with Gasteiger partial charge in [0, 0.05) is 25.4 Å². The van der Waals surface area contributed by atoms with E-state index in [9.17, 15) is 9.59 Å². The van der Waals surface area contributed by atoms with E-state index >= 15 is 0 Å². The summed E-state index contributed by atoms with van der Waals surface area (Å²) in [5.74, 6) is 1.86. The number of nitrogens with zero attached hydrogens (tertiary/aromatic N) is 4. The Labute approximate surface area is 146 Å². The third kappa shape index (κ3) is 2.72. The average Bonchev–Trinajstić information content (AvgIpc) is 3.32. The van der Waals surface area contributed by atoms with Crippen molar-refractivity contribution < 1.29 is 14.1 Å². The summed E-state index contributed by atoms with van der Waals surface area (Å²) in [6.07, 6.45) is 4.18. The molecule has 136 valence electrons. The van der Waals surface area contributed by atoms with Crippen molar-refractivity contribution in [2.75, 3.05) is 20.1 Å². The number of amides is 3. The van der Waals surface area contributed by atoms with Gasteiger partial charge < -0.3 is 9.84 Å². The van der Waals surface area contributed by atoms with E-state index in [1.54, 1.807) is 0 Å². The Bertz CT molecular complexity index is 700. The largest absolute Gasteiger partial charge is 0.338 e. The Morgan fingerprint density at radius 3 is 2.72 bits per heavy atom. The van der Waals surface area contributed by atoms with Crippen LogP contribution in [-0.4, -0.2) is 57.6 Å². The molecule has 3 fully saturated rings. The molecule has 1 aromatic heterocycles. The molecule has 4 rings (SSSR count). The maximum Gasteiger partial charge on any atom is 0.324 e. The number of hydrogen-bond donors (Lipinski definition) is 1. The second-order valence-electron chi connectivity index (χ2n) is 7.77. The molecule has 3 atom stereocenters. The lowest BCUT2D eigenvalue weighted by atomic mass is 9.79. The standard InChI is InChI=1S/C17H25N5O3/c1-10(14-18-13(20-25-14)11-6-7-11)22-8-4-5-12(9-22)17(2)15(23)21(3)16(24)19-17/h10-12H,4-9H2,1-3H3,(H,19,24). The van der Waals surface area contributed by atoms with E-state index < -0.39 is 5.54 Å². The summed E-state index contributed by atoms with van der Waals surface area (Å²) in [4.78, 5) is 32.5. The van der Waals surface area contributed by atoms with Gasteiger partial charge in [-0.3, -0.25) is 14.6 Å². The molecule has 0 radical (unpaired) electrons. The van der Waals surface area contributed by atoms with Gasteiger partial charge in [0.2, 0.25) is 5.89 Å². The number of nitrogens with one attached hydrogen (secondary N) is 1. The molecule has 3 aliphatic rings. The predicted octanol–water partition coefficient (Wildman–Crippen LogP) is 1.66. The van der Waals surface area contributed by atoms with Crippen molar-refractivity contribution in [3.8, 4) is 0 Å². The van der Waals surface area contributed by atoms with Crippen LogP contribution >= 0.6 is 0 Å². The second kappa shape index (κ2) is 5.79. The van der Waals surface area contributed by atoms with Crippen molar-refractivity contribution in [3.05, 3.63) is 11.7 Å². The topological polar surface area (TPSA) is 91.6 Å². The van der Waals surface area contributed by atoms with E-state index in [0.29, 0.717) is 11.8 Å². The van der Waals surface area contributed by atoms with Crippen LogP contribution in [0.4, 0.5) is 4.79 Å². The first-order valence-corrected chi connectivity index (χ1v) is 9.08. The van der Waals surface area contributed by atoms with E-state index in [4.69, 9.17) is 4.52 Å². The lowest BCUT2D eigenvalue weighted by molar-refractivity contribution is -0.132. The minimum atomic E-state index is -0.835. The predicted molar refractivity (Wildman–Crippen MR) is 88.7 cm³/mol. The highest BCUT2D eigenvalue weighted by Gasteiger charge is 2.52. The highest BCUT2D eigenvalue weighted by Crippen LogP contribution is 2.39. The summed E-state index contributed by atoms with van der Waals surface area (Å²) < 4.78 is 5.47. The maximum atomic E-state index is 12.6. The fraction of sp³-hybridized carbons (Fsp3) is 0.765. The number of likely N-dealkylation sites (tertiary alicyclic amines) is 1. The van der Waals surface area contributed by atoms with Crippen molar-refractivity contribution in [3.63, 3.8) is 0 Å². The summed E-state index contributed by atoms with van der Waals surface area (Å²) in [5, 5.41) is 6.99. The van der Waals surface area contributed by atoms with Crippen molar-refractivity contribution in [2.45, 2.75) is 57.0 Å². The van der Waals surface area contributed by atoms with Crippen LogP contribution in [0.15, 0.2) is 4.52 Å². The summed E-state index contributed by atoms with van der Waals surface area (Å²) in [6, 6.07) is -0.306. The van der Waals surface area contributed by atoms with Gasteiger partial charge in [0.1, 0.15) is 5.54 Å². The van der Waals surface area contributed by atoms with Gasteiger partial charge in [0.05, 0.1) is 6.04 Å². The summed E-state index contributed by atoms with van der Waals surface area (Å²) in [6.45, 7) is 5.55. The van der Waals surface area contributed by atoms with Crippen LogP contribution < -0.4 is 5.32 Å². The molecule has 3 heterocycles. The van der Waals surface area contributed by atoms with Crippen LogP contribution in [0.2, 0.25) is 0 Å². The second-order valence-corrected chi connectivity index (χ2v) is 7.77. The summed E-state index contributed by atoms with van der Waals surface area (Å²) >= 11 is 0. The number of aromatic nitrogens is 2. The van der Waals surface area contributed by atoms with Crippen LogP contribution in [0, 0.1) is 5.92 Å². The fourth-order valence-corrected chi connectivity index (χ4v) is 3.99. The lowest BCUT2D eigenvalue weighted by Gasteiger charge is -2.41. The molecule has 1 aromatic rings. The molecular weight excluding hydrogens is 322 g/mol. The monoisotopic (exact) mass is 347 g/mol. The van der Waals surface area contributed by atoms with Gasteiger partial charge in [-0.25, -0.2) is 4.79 Å². The first-order valence-electron chi connectivity index (χ1n) is 9.08. The van der Waals surface area contributed by atoms with Crippen LogP contribution in [0.25, 0.3) is 0 Å². The normalized spacial score (nSPS) is 32.1. The minimum Gasteiger partial charge on any atom is -0.338 e. The van der Waals surface area contributed by atoms with Gasteiger partial charge in [-0.15, -0.1) is 0 Å². The third-order valence-electron chi connectivity index (χ3n) is 5.99. The van der Waals surface area contributed by atoms with Gasteiger partial charge >= 0.3 is 6.03 Å². The first-order chi connectivity index (χ1) is 11.9. The van der Waals surface area contributed by atoms with Gasteiger partial charge in [0.15, 0.2) is 5.82 Å². The quantitative estimate of drug-likeness (QED) is 0.833. The number of rotatable bonds is 4. The van der Waals surface area contributed by atoms with Gasteiger partial charge in [-0.1, -0.05) is 5.16 Å². The van der Waals surface area contributed by atoms with Crippen molar-refractivity contribution >= 4 is 11.9 Å². The number of urea groups is 1. The van der Waals surface area contributed by atoms with Crippen molar-refractivity contribution in [2.24, 2.45) is 5.92 Å². The van der Waals surface area contributed by atoms with Gasteiger partial charge in [-0.2, -0.15) is 4.98 Å². The molecule has 3 unspecified atom stereocenters. The molecule has 2 aliphatic heterocycles. The van der Waals surface area contributed by atoms with Crippen LogP contribution in [-0.2, 0) is 4.79 Å². The highest BCUT2D eigenvalue weighted by molar-refractivity contribution is 6.06. The number of carbonyl (C=O) groups excluding carboxylic acids is 2. The zero-order valence-electron chi connectivity index (χ0n) is 15.0. The van der Waals surface area contributed by atoms with Crippen LogP contribution in [0.5, 0.6) is 0 Å². The van der Waals surface area contributed by atoms with E-state index in [0.717, 1.165) is 44.6 Å². The molecule has 0 aromatic carbocycles. The molecule has 0 bridgehead atoms. The molecule has 1 saturated carbocycles. The fourth-order valence-electron chi connectivity index (χ4n) is 3.99. The number of likely N-dealkylation sites (N-methyl/N-ethyl adjacent to an activating group) is 1. The number of imide groups is 1.